The van der Waals surface area contributed by atoms with Gasteiger partial charge in [0.05, 0.1) is 7.11 Å². The molecule has 6 atom stereocenters. The summed E-state index contributed by atoms with van der Waals surface area (Å²) in [5.41, 5.74) is 4.63. The number of Topliss-reactive ketones (excluding diaryl/α,β-unsaturated/α-hetero) is 1. The topological polar surface area (TPSA) is 134 Å². The second-order valence-electron chi connectivity index (χ2n) is 15.9. The summed E-state index contributed by atoms with van der Waals surface area (Å²) in [7, 11) is 7.92. The van der Waals surface area contributed by atoms with Crippen molar-refractivity contribution in [3.63, 3.8) is 0 Å². The minimum atomic E-state index is -1.08. The lowest BCUT2D eigenvalue weighted by Crippen LogP contribution is -2.55. The number of esters is 2. The Balaban J connectivity index is 1.93. The van der Waals surface area contributed by atoms with E-state index in [-0.39, 0.29) is 42.6 Å². The van der Waals surface area contributed by atoms with Gasteiger partial charge in [-0.3, -0.25) is 24.1 Å². The molecule has 0 heterocycles. The zero-order valence-electron chi connectivity index (χ0n) is 35.7. The summed E-state index contributed by atoms with van der Waals surface area (Å²) in [6, 6.07) is 19.2. The number of carbonyl (C=O) groups is 5. The van der Waals surface area contributed by atoms with Gasteiger partial charge in [-0.1, -0.05) is 99.5 Å². The number of hydrogen-bond donors (Lipinski definition) is 1. The number of methoxy groups -OCH3 is 1. The molecule has 0 aliphatic heterocycles. The van der Waals surface area contributed by atoms with Crippen LogP contribution < -0.4 is 0 Å². The number of phenols is 1. The third-order valence-electron chi connectivity index (χ3n) is 11.0. The molecule has 310 valence electrons. The number of phenolic OH excluding ortho intramolecular Hbond substituents is 1. The number of nitrogens with zero attached hydrogens (tertiary/aromatic N) is 3. The maximum Gasteiger partial charge on any atom is 0.328 e. The number of aryl methyl sites for hydroxylation is 2. The fourth-order valence-corrected chi connectivity index (χ4v) is 6.79. The summed E-state index contributed by atoms with van der Waals surface area (Å²) in [5.74, 6) is -3.85. The van der Waals surface area contributed by atoms with Gasteiger partial charge in [-0.2, -0.15) is 0 Å². The average Bonchev–Trinajstić information content (AvgIpc) is 3.19. The van der Waals surface area contributed by atoms with Crippen molar-refractivity contribution < 1.29 is 38.6 Å². The molecule has 3 aromatic rings. The molecule has 0 unspecified atom stereocenters. The Labute approximate surface area is 339 Å². The summed E-state index contributed by atoms with van der Waals surface area (Å²) in [6.07, 6.45) is -0.0562. The number of ketones is 1. The summed E-state index contributed by atoms with van der Waals surface area (Å²) in [4.78, 5) is 74.7. The van der Waals surface area contributed by atoms with Gasteiger partial charge in [0.25, 0.3) is 0 Å². The zero-order valence-corrected chi connectivity index (χ0v) is 35.7. The lowest BCUT2D eigenvalue weighted by atomic mass is 9.85. The Bertz CT molecular complexity index is 1790. The molecule has 0 bridgehead atoms. The van der Waals surface area contributed by atoms with E-state index in [0.29, 0.717) is 18.4 Å². The van der Waals surface area contributed by atoms with E-state index >= 15 is 0 Å². The molecule has 11 heteroatoms. The van der Waals surface area contributed by atoms with E-state index in [0.717, 1.165) is 22.3 Å². The SMILES string of the molecule is CC[C@@H](C)[C@@H](OC(=O)[C@@H](Cc1ccc(C)cc1)N(C)C)C(=O)C[C@H](C(=O)N(C)[C@H](Cc1ccc(O)cc1)C(=O)N(C)[C@@H](Cc1ccc(C)cc1)C(=O)OC)C(C)C. The van der Waals surface area contributed by atoms with Crippen molar-refractivity contribution in [2.24, 2.45) is 17.8 Å². The fourth-order valence-electron chi connectivity index (χ4n) is 6.79. The standard InChI is InChI=1S/C46H63N3O8/c1-12-32(6)42(57-46(55)39(47(7)8)26-33-17-13-30(4)14-18-33)41(51)28-37(29(2)3)43(52)48(9)38(25-35-21-23-36(50)24-22-35)44(53)49(10)40(45(54)56-11)27-34-19-15-31(5)16-20-34/h13-24,29,32,37-40,42,50H,12,25-28H2,1-11H3/t32-,37+,38-,39-,40+,42-/m1/s1. The smallest absolute Gasteiger partial charge is 0.328 e. The highest BCUT2D eigenvalue weighted by Gasteiger charge is 2.40. The van der Waals surface area contributed by atoms with Crippen LogP contribution in [0, 0.1) is 31.6 Å². The lowest BCUT2D eigenvalue weighted by Gasteiger charge is -2.36. The molecular formula is C46H63N3O8. The van der Waals surface area contributed by atoms with Crippen LogP contribution in [0.3, 0.4) is 0 Å². The molecule has 3 aromatic carbocycles. The van der Waals surface area contributed by atoms with Crippen molar-refractivity contribution in [3.8, 4) is 5.75 Å². The number of ether oxygens (including phenoxy) is 2. The van der Waals surface area contributed by atoms with Crippen molar-refractivity contribution >= 4 is 29.5 Å². The minimum absolute atomic E-state index is 0.0500. The molecule has 0 aliphatic rings. The minimum Gasteiger partial charge on any atom is -0.508 e. The molecule has 0 aliphatic carbocycles. The van der Waals surface area contributed by atoms with Gasteiger partial charge in [0.2, 0.25) is 11.8 Å². The van der Waals surface area contributed by atoms with E-state index in [2.05, 4.69) is 0 Å². The highest BCUT2D eigenvalue weighted by atomic mass is 16.5. The zero-order chi connectivity index (χ0) is 42.6. The highest BCUT2D eigenvalue weighted by molar-refractivity contribution is 5.94. The van der Waals surface area contributed by atoms with Crippen LogP contribution in [0.25, 0.3) is 0 Å². The maximum absolute atomic E-state index is 14.6. The number of benzene rings is 3. The quantitative estimate of drug-likeness (QED) is 0.137. The van der Waals surface area contributed by atoms with Crippen LogP contribution >= 0.6 is 0 Å². The Hall–Kier alpha value is -5.03. The molecule has 0 fully saturated rings. The molecule has 0 radical (unpaired) electrons. The van der Waals surface area contributed by atoms with Gasteiger partial charge >= 0.3 is 11.9 Å². The maximum atomic E-state index is 14.6. The fraction of sp³-hybridized carbons (Fsp3) is 0.500. The first kappa shape index (κ1) is 46.4. The van der Waals surface area contributed by atoms with E-state index in [1.165, 1.54) is 43.1 Å². The number of rotatable bonds is 20. The third kappa shape index (κ3) is 13.0. The van der Waals surface area contributed by atoms with Crippen LogP contribution in [0.1, 0.15) is 68.4 Å². The first-order valence-corrected chi connectivity index (χ1v) is 19.8. The molecule has 11 nitrogen and oxygen atoms in total. The molecular weight excluding hydrogens is 723 g/mol. The van der Waals surface area contributed by atoms with Gasteiger partial charge in [0.1, 0.15) is 23.9 Å². The summed E-state index contributed by atoms with van der Waals surface area (Å²) in [6.45, 7) is 11.4. The Morgan fingerprint density at radius 1 is 0.632 bits per heavy atom. The number of aromatic hydroxyl groups is 1. The number of amides is 2. The van der Waals surface area contributed by atoms with Crippen LogP contribution in [0.2, 0.25) is 0 Å². The molecule has 0 saturated carbocycles. The van der Waals surface area contributed by atoms with E-state index < -0.39 is 53.9 Å². The molecule has 0 aromatic heterocycles. The first-order chi connectivity index (χ1) is 26.9. The van der Waals surface area contributed by atoms with Gasteiger partial charge in [0.15, 0.2) is 11.9 Å². The second-order valence-corrected chi connectivity index (χ2v) is 15.9. The Morgan fingerprint density at radius 2 is 1.07 bits per heavy atom. The van der Waals surface area contributed by atoms with Gasteiger partial charge in [0, 0.05) is 45.2 Å². The molecule has 57 heavy (non-hydrogen) atoms. The number of hydrogen-bond acceptors (Lipinski definition) is 9. The largest absolute Gasteiger partial charge is 0.508 e. The van der Waals surface area contributed by atoms with Gasteiger partial charge < -0.3 is 24.4 Å². The van der Waals surface area contributed by atoms with Crippen LogP contribution in [0.15, 0.2) is 72.8 Å². The van der Waals surface area contributed by atoms with Gasteiger partial charge in [-0.05, 0) is 75.5 Å². The Morgan fingerprint density at radius 3 is 1.51 bits per heavy atom. The molecule has 3 rings (SSSR count). The van der Waals surface area contributed by atoms with Crippen LogP contribution in [0.4, 0.5) is 0 Å². The van der Waals surface area contributed by atoms with Crippen molar-refractivity contribution in [2.75, 3.05) is 35.3 Å². The van der Waals surface area contributed by atoms with E-state index in [4.69, 9.17) is 9.47 Å². The molecule has 1 N–H and O–H groups in total. The third-order valence-corrected chi connectivity index (χ3v) is 11.0. The van der Waals surface area contributed by atoms with E-state index in [1.807, 2.05) is 90.1 Å². The van der Waals surface area contributed by atoms with Gasteiger partial charge in [-0.15, -0.1) is 0 Å². The predicted molar refractivity (Wildman–Crippen MR) is 221 cm³/mol. The Kier molecular flexibility index (Phi) is 17.5. The van der Waals surface area contributed by atoms with Crippen molar-refractivity contribution in [1.82, 2.24) is 14.7 Å². The molecule has 0 spiro atoms. The van der Waals surface area contributed by atoms with E-state index in [1.54, 1.807) is 31.1 Å². The van der Waals surface area contributed by atoms with Crippen molar-refractivity contribution in [2.45, 2.75) is 97.9 Å². The van der Waals surface area contributed by atoms with Crippen LogP contribution in [0.5, 0.6) is 5.75 Å². The average molecular weight is 786 g/mol. The summed E-state index contributed by atoms with van der Waals surface area (Å²) >= 11 is 0. The summed E-state index contributed by atoms with van der Waals surface area (Å²) in [5, 5.41) is 9.95. The van der Waals surface area contributed by atoms with Crippen molar-refractivity contribution in [1.29, 1.82) is 0 Å². The number of likely N-dealkylation sites (N-methyl/N-ethyl adjacent to an activating group) is 3. The lowest BCUT2D eigenvalue weighted by molar-refractivity contribution is -0.163. The van der Waals surface area contributed by atoms with Crippen molar-refractivity contribution in [3.05, 3.63) is 101 Å². The van der Waals surface area contributed by atoms with Crippen LogP contribution in [-0.4, -0.2) is 109 Å². The molecule has 2 amide bonds. The normalized spacial score (nSPS) is 14.5. The highest BCUT2D eigenvalue weighted by Crippen LogP contribution is 2.26. The monoisotopic (exact) mass is 785 g/mol. The predicted octanol–water partition coefficient (Wildman–Crippen LogP) is 5.98. The first-order valence-electron chi connectivity index (χ1n) is 19.8. The molecule has 0 saturated heterocycles. The second kappa shape index (κ2) is 21.5. The van der Waals surface area contributed by atoms with Crippen LogP contribution in [-0.2, 0) is 52.7 Å². The summed E-state index contributed by atoms with van der Waals surface area (Å²) < 4.78 is 11.2. The van der Waals surface area contributed by atoms with E-state index in [9.17, 15) is 29.1 Å². The number of carbonyl (C=O) groups excluding carboxylic acids is 5. The van der Waals surface area contributed by atoms with Gasteiger partial charge in [-0.25, -0.2) is 4.79 Å².